The quantitative estimate of drug-likeness (QED) is 0.819. The van der Waals surface area contributed by atoms with Gasteiger partial charge < -0.3 is 15.6 Å². The van der Waals surface area contributed by atoms with E-state index < -0.39 is 0 Å². The third kappa shape index (κ3) is 2.70. The van der Waals surface area contributed by atoms with Gasteiger partial charge in [0.15, 0.2) is 5.78 Å². The van der Waals surface area contributed by atoms with Crippen molar-refractivity contribution in [2.45, 2.75) is 6.42 Å². The van der Waals surface area contributed by atoms with Gasteiger partial charge in [0.1, 0.15) is 11.5 Å². The van der Waals surface area contributed by atoms with Crippen molar-refractivity contribution in [1.29, 1.82) is 0 Å². The molecule has 1 aromatic carbocycles. The molecule has 5 heteroatoms. The van der Waals surface area contributed by atoms with Crippen LogP contribution in [0.2, 0.25) is 0 Å². The molecule has 0 bridgehead atoms. The Balaban J connectivity index is 3.15. The van der Waals surface area contributed by atoms with Gasteiger partial charge in [-0.1, -0.05) is 0 Å². The number of aromatic hydroxyl groups is 1. The van der Waals surface area contributed by atoms with Crippen LogP contribution in [0.25, 0.3) is 0 Å². The van der Waals surface area contributed by atoms with Gasteiger partial charge in [0.25, 0.3) is 0 Å². The largest absolute Gasteiger partial charge is 0.506 e. The third-order valence-electron chi connectivity index (χ3n) is 1.94. The second-order valence-corrected chi connectivity index (χ2v) is 3.82. The molecular weight excluding hydrogens is 262 g/mol. The Kier molecular flexibility index (Phi) is 4.11. The van der Waals surface area contributed by atoms with Crippen LogP contribution in [0, 0.1) is 0 Å². The van der Waals surface area contributed by atoms with Crippen molar-refractivity contribution in [2.75, 3.05) is 13.7 Å². The van der Waals surface area contributed by atoms with Gasteiger partial charge in [-0.25, -0.2) is 0 Å². The van der Waals surface area contributed by atoms with Crippen LogP contribution in [0.5, 0.6) is 11.5 Å². The number of carbonyl (C=O) groups is 1. The van der Waals surface area contributed by atoms with Gasteiger partial charge >= 0.3 is 0 Å². The first-order valence-electron chi connectivity index (χ1n) is 4.40. The fraction of sp³-hybridized carbons (Fsp3) is 0.300. The lowest BCUT2D eigenvalue weighted by molar-refractivity contribution is 0.0982. The summed E-state index contributed by atoms with van der Waals surface area (Å²) >= 11 is 3.14. The Bertz CT molecular complexity index is 379. The van der Waals surface area contributed by atoms with Gasteiger partial charge in [-0.3, -0.25) is 4.79 Å². The highest BCUT2D eigenvalue weighted by Gasteiger charge is 2.14. The first-order valence-corrected chi connectivity index (χ1v) is 5.19. The Morgan fingerprint density at radius 3 is 2.80 bits per heavy atom. The number of phenolic OH excluding ortho intramolecular Hbond substituents is 1. The van der Waals surface area contributed by atoms with Crippen LogP contribution in [0.1, 0.15) is 16.8 Å². The van der Waals surface area contributed by atoms with Crippen molar-refractivity contribution in [2.24, 2.45) is 5.73 Å². The van der Waals surface area contributed by atoms with E-state index in [-0.39, 0.29) is 30.1 Å². The molecule has 1 rings (SSSR count). The Morgan fingerprint density at radius 1 is 1.60 bits per heavy atom. The van der Waals surface area contributed by atoms with E-state index in [1.54, 1.807) is 6.07 Å². The van der Waals surface area contributed by atoms with Gasteiger partial charge in [-0.05, 0) is 34.6 Å². The fourth-order valence-electron chi connectivity index (χ4n) is 1.17. The average Bonchev–Trinajstić information content (AvgIpc) is 2.22. The summed E-state index contributed by atoms with van der Waals surface area (Å²) < 4.78 is 5.43. The number of hydrogen-bond donors (Lipinski definition) is 2. The number of ketones is 1. The predicted molar refractivity (Wildman–Crippen MR) is 60.4 cm³/mol. The minimum absolute atomic E-state index is 0.0748. The third-order valence-corrected chi connectivity index (χ3v) is 2.55. The zero-order valence-electron chi connectivity index (χ0n) is 8.29. The lowest BCUT2D eigenvalue weighted by atomic mass is 10.1. The van der Waals surface area contributed by atoms with Gasteiger partial charge in [0, 0.05) is 6.42 Å². The molecular formula is C10H12BrNO3. The molecule has 0 saturated heterocycles. The van der Waals surface area contributed by atoms with Gasteiger partial charge in [0.05, 0.1) is 17.1 Å². The van der Waals surface area contributed by atoms with Crippen LogP contribution in [-0.2, 0) is 0 Å². The molecule has 0 aromatic heterocycles. The molecule has 0 aliphatic rings. The lowest BCUT2D eigenvalue weighted by Gasteiger charge is -2.08. The van der Waals surface area contributed by atoms with E-state index >= 15 is 0 Å². The van der Waals surface area contributed by atoms with Crippen molar-refractivity contribution >= 4 is 21.7 Å². The molecule has 0 atom stereocenters. The summed E-state index contributed by atoms with van der Waals surface area (Å²) in [6, 6.07) is 3.09. The molecule has 82 valence electrons. The molecule has 0 fully saturated rings. The summed E-state index contributed by atoms with van der Waals surface area (Å²) in [5, 5.41) is 9.65. The SMILES string of the molecule is COc1cc(Br)c(O)c(C(=O)CCN)c1. The Morgan fingerprint density at radius 2 is 2.27 bits per heavy atom. The molecule has 0 aliphatic heterocycles. The van der Waals surface area contributed by atoms with Crippen molar-refractivity contribution in [1.82, 2.24) is 0 Å². The summed E-state index contributed by atoms with van der Waals surface area (Å²) in [5.74, 6) is 0.240. The summed E-state index contributed by atoms with van der Waals surface area (Å²) in [6.07, 6.45) is 0.202. The normalized spacial score (nSPS) is 10.1. The molecule has 0 heterocycles. The molecule has 0 radical (unpaired) electrons. The predicted octanol–water partition coefficient (Wildman–Crippen LogP) is 1.69. The second kappa shape index (κ2) is 5.14. The molecule has 4 nitrogen and oxygen atoms in total. The Labute approximate surface area is 96.2 Å². The highest BCUT2D eigenvalue weighted by Crippen LogP contribution is 2.33. The van der Waals surface area contributed by atoms with Crippen LogP contribution in [0.15, 0.2) is 16.6 Å². The first kappa shape index (κ1) is 12.0. The smallest absolute Gasteiger partial charge is 0.168 e. The van der Waals surface area contributed by atoms with E-state index in [9.17, 15) is 9.90 Å². The summed E-state index contributed by atoms with van der Waals surface area (Å²) in [6.45, 7) is 0.257. The monoisotopic (exact) mass is 273 g/mol. The number of carbonyl (C=O) groups excluding carboxylic acids is 1. The highest BCUT2D eigenvalue weighted by atomic mass is 79.9. The number of hydrogen-bond acceptors (Lipinski definition) is 4. The Hall–Kier alpha value is -1.07. The van der Waals surface area contributed by atoms with Gasteiger partial charge in [-0.15, -0.1) is 0 Å². The molecule has 0 amide bonds. The van der Waals surface area contributed by atoms with E-state index in [4.69, 9.17) is 10.5 Å². The van der Waals surface area contributed by atoms with Crippen LogP contribution >= 0.6 is 15.9 Å². The molecule has 15 heavy (non-hydrogen) atoms. The number of phenols is 1. The number of Topliss-reactive ketones (excluding diaryl/α,β-unsaturated/α-hetero) is 1. The van der Waals surface area contributed by atoms with Crippen molar-refractivity contribution in [3.63, 3.8) is 0 Å². The van der Waals surface area contributed by atoms with Crippen molar-refractivity contribution in [3.8, 4) is 11.5 Å². The number of rotatable bonds is 4. The maximum Gasteiger partial charge on any atom is 0.168 e. The van der Waals surface area contributed by atoms with Crippen molar-refractivity contribution in [3.05, 3.63) is 22.2 Å². The zero-order valence-corrected chi connectivity index (χ0v) is 9.87. The van der Waals surface area contributed by atoms with Crippen LogP contribution < -0.4 is 10.5 Å². The van der Waals surface area contributed by atoms with E-state index in [1.807, 2.05) is 0 Å². The zero-order chi connectivity index (χ0) is 11.4. The minimum Gasteiger partial charge on any atom is -0.506 e. The van der Waals surface area contributed by atoms with E-state index in [0.29, 0.717) is 10.2 Å². The molecule has 1 aromatic rings. The maximum atomic E-state index is 11.6. The minimum atomic E-state index is -0.199. The van der Waals surface area contributed by atoms with Crippen LogP contribution in [0.3, 0.4) is 0 Å². The number of benzene rings is 1. The molecule has 3 N–H and O–H groups in total. The molecule has 0 saturated carbocycles. The van der Waals surface area contributed by atoms with Crippen LogP contribution in [0.4, 0.5) is 0 Å². The first-order chi connectivity index (χ1) is 7.10. The molecule has 0 unspecified atom stereocenters. The molecule has 0 aliphatic carbocycles. The summed E-state index contributed by atoms with van der Waals surface area (Å²) in [4.78, 5) is 11.6. The van der Waals surface area contributed by atoms with Gasteiger partial charge in [-0.2, -0.15) is 0 Å². The van der Waals surface area contributed by atoms with E-state index in [1.165, 1.54) is 13.2 Å². The highest BCUT2D eigenvalue weighted by molar-refractivity contribution is 9.10. The lowest BCUT2D eigenvalue weighted by Crippen LogP contribution is -2.08. The number of ether oxygens (including phenoxy) is 1. The van der Waals surface area contributed by atoms with Crippen molar-refractivity contribution < 1.29 is 14.6 Å². The standard InChI is InChI=1S/C10H12BrNO3/c1-15-6-4-7(9(13)2-3-12)10(14)8(11)5-6/h4-5,14H,2-3,12H2,1H3. The molecule has 0 spiro atoms. The van der Waals surface area contributed by atoms with Crippen LogP contribution in [-0.4, -0.2) is 24.5 Å². The fourth-order valence-corrected chi connectivity index (χ4v) is 1.61. The second-order valence-electron chi connectivity index (χ2n) is 2.97. The number of halogens is 1. The van der Waals surface area contributed by atoms with E-state index in [2.05, 4.69) is 15.9 Å². The number of nitrogens with two attached hydrogens (primary N) is 1. The number of methoxy groups -OCH3 is 1. The summed E-state index contributed by atoms with van der Waals surface area (Å²) in [5.41, 5.74) is 5.51. The topological polar surface area (TPSA) is 72.5 Å². The summed E-state index contributed by atoms with van der Waals surface area (Å²) in [7, 11) is 1.50. The van der Waals surface area contributed by atoms with E-state index in [0.717, 1.165) is 0 Å². The van der Waals surface area contributed by atoms with Gasteiger partial charge in [0.2, 0.25) is 0 Å². The maximum absolute atomic E-state index is 11.6. The average molecular weight is 274 g/mol.